The Hall–Kier alpha value is -2.11. The van der Waals surface area contributed by atoms with Crippen LogP contribution in [0, 0.1) is 5.41 Å². The zero-order valence-electron chi connectivity index (χ0n) is 9.99. The molecule has 0 spiro atoms. The fourth-order valence-corrected chi connectivity index (χ4v) is 1.31. The van der Waals surface area contributed by atoms with Crippen LogP contribution in [0.25, 0.3) is 11.2 Å². The van der Waals surface area contributed by atoms with Crippen LogP contribution in [0.3, 0.4) is 0 Å². The van der Waals surface area contributed by atoms with Gasteiger partial charge in [-0.05, 0) is 5.41 Å². The van der Waals surface area contributed by atoms with E-state index in [1.807, 2.05) is 6.08 Å². The molecule has 0 bridgehead atoms. The minimum atomic E-state index is -0.0291. The first-order valence-corrected chi connectivity index (χ1v) is 5.36. The molecular formula is C11H16N6. The van der Waals surface area contributed by atoms with Crippen molar-refractivity contribution in [3.05, 3.63) is 19.0 Å². The van der Waals surface area contributed by atoms with Gasteiger partial charge < -0.3 is 16.0 Å². The molecule has 0 amide bonds. The molecule has 0 aliphatic heterocycles. The van der Waals surface area contributed by atoms with Crippen molar-refractivity contribution >= 4 is 22.9 Å². The summed E-state index contributed by atoms with van der Waals surface area (Å²) in [5.41, 5.74) is 6.99. The standard InChI is InChI=1S/C11H16N6/c1-4-11(2,3)5-13-10-16-8(12)7-9(17-10)15-6-14-7/h4,6H,1,5H2,2-3H3,(H4,12,13,14,15,16,17). The van der Waals surface area contributed by atoms with Gasteiger partial charge in [-0.1, -0.05) is 19.9 Å². The molecule has 2 rings (SSSR count). The molecule has 0 atom stereocenters. The Morgan fingerprint density at radius 2 is 2.29 bits per heavy atom. The topological polar surface area (TPSA) is 92.5 Å². The zero-order valence-corrected chi connectivity index (χ0v) is 9.99. The third kappa shape index (κ3) is 2.35. The molecule has 90 valence electrons. The lowest BCUT2D eigenvalue weighted by Gasteiger charge is -2.19. The minimum Gasteiger partial charge on any atom is -0.382 e. The summed E-state index contributed by atoms with van der Waals surface area (Å²) in [6.45, 7) is 8.61. The van der Waals surface area contributed by atoms with Crippen LogP contribution >= 0.6 is 0 Å². The number of nitrogens with zero attached hydrogens (tertiary/aromatic N) is 3. The van der Waals surface area contributed by atoms with Crippen LogP contribution in [0.5, 0.6) is 0 Å². The van der Waals surface area contributed by atoms with E-state index in [2.05, 4.69) is 45.7 Å². The molecule has 0 radical (unpaired) electrons. The van der Waals surface area contributed by atoms with Gasteiger partial charge in [-0.3, -0.25) is 0 Å². The fourth-order valence-electron chi connectivity index (χ4n) is 1.31. The second kappa shape index (κ2) is 4.04. The van der Waals surface area contributed by atoms with Crippen molar-refractivity contribution in [2.24, 2.45) is 5.41 Å². The van der Waals surface area contributed by atoms with Crippen molar-refractivity contribution in [1.29, 1.82) is 0 Å². The summed E-state index contributed by atoms with van der Waals surface area (Å²) in [6.07, 6.45) is 3.43. The van der Waals surface area contributed by atoms with Crippen LogP contribution in [0.4, 0.5) is 11.8 Å². The molecule has 6 heteroatoms. The normalized spacial score (nSPS) is 11.6. The summed E-state index contributed by atoms with van der Waals surface area (Å²) in [5.74, 6) is 0.878. The average molecular weight is 232 g/mol. The average Bonchev–Trinajstić information content (AvgIpc) is 2.75. The highest BCUT2D eigenvalue weighted by atomic mass is 15.2. The summed E-state index contributed by atoms with van der Waals surface area (Å²) in [7, 11) is 0. The van der Waals surface area contributed by atoms with E-state index in [9.17, 15) is 0 Å². The van der Waals surface area contributed by atoms with Crippen molar-refractivity contribution in [3.8, 4) is 0 Å². The monoisotopic (exact) mass is 232 g/mol. The number of fused-ring (bicyclic) bond motifs is 1. The number of H-pyrrole nitrogens is 1. The highest BCUT2D eigenvalue weighted by Crippen LogP contribution is 2.18. The number of aromatic nitrogens is 4. The van der Waals surface area contributed by atoms with E-state index in [0.29, 0.717) is 29.5 Å². The van der Waals surface area contributed by atoms with Crippen molar-refractivity contribution in [3.63, 3.8) is 0 Å². The number of nitrogens with one attached hydrogen (secondary N) is 2. The Labute approximate surface area is 99.4 Å². The van der Waals surface area contributed by atoms with E-state index < -0.39 is 0 Å². The van der Waals surface area contributed by atoms with Crippen molar-refractivity contribution in [1.82, 2.24) is 19.9 Å². The van der Waals surface area contributed by atoms with Gasteiger partial charge in [-0.25, -0.2) is 4.98 Å². The van der Waals surface area contributed by atoms with Gasteiger partial charge in [0.05, 0.1) is 6.33 Å². The number of hydrogen-bond donors (Lipinski definition) is 3. The van der Waals surface area contributed by atoms with Crippen LogP contribution in [0.1, 0.15) is 13.8 Å². The number of nitrogens with two attached hydrogens (primary N) is 1. The quantitative estimate of drug-likeness (QED) is 0.696. The van der Waals surface area contributed by atoms with Gasteiger partial charge in [-0.2, -0.15) is 9.97 Å². The smallest absolute Gasteiger partial charge is 0.226 e. The van der Waals surface area contributed by atoms with Gasteiger partial charge in [0.2, 0.25) is 5.95 Å². The van der Waals surface area contributed by atoms with E-state index >= 15 is 0 Å². The summed E-state index contributed by atoms with van der Waals surface area (Å²) in [6, 6.07) is 0. The molecule has 2 aromatic heterocycles. The van der Waals surface area contributed by atoms with Gasteiger partial charge >= 0.3 is 0 Å². The van der Waals surface area contributed by atoms with Crippen LogP contribution in [-0.4, -0.2) is 26.5 Å². The number of aromatic amines is 1. The number of rotatable bonds is 4. The summed E-state index contributed by atoms with van der Waals surface area (Å²) in [5, 5.41) is 3.13. The van der Waals surface area contributed by atoms with Crippen LogP contribution in [0.15, 0.2) is 19.0 Å². The molecule has 17 heavy (non-hydrogen) atoms. The van der Waals surface area contributed by atoms with E-state index in [1.54, 1.807) is 6.33 Å². The maximum atomic E-state index is 5.79. The molecule has 2 aromatic rings. The molecule has 2 heterocycles. The van der Waals surface area contributed by atoms with Gasteiger partial charge in [0.15, 0.2) is 11.5 Å². The third-order valence-corrected chi connectivity index (χ3v) is 2.57. The Kier molecular flexibility index (Phi) is 2.71. The highest BCUT2D eigenvalue weighted by molar-refractivity contribution is 5.82. The Morgan fingerprint density at radius 1 is 1.53 bits per heavy atom. The number of nitrogen functional groups attached to an aromatic ring is 1. The minimum absolute atomic E-state index is 0.0291. The first-order chi connectivity index (χ1) is 8.02. The molecule has 0 saturated heterocycles. The fraction of sp³-hybridized carbons (Fsp3) is 0.364. The number of hydrogen-bond acceptors (Lipinski definition) is 5. The Bertz CT molecular complexity index is 542. The number of imidazole rings is 1. The van der Waals surface area contributed by atoms with E-state index in [-0.39, 0.29) is 5.41 Å². The second-order valence-corrected chi connectivity index (χ2v) is 4.58. The first kappa shape index (κ1) is 11.4. The molecule has 4 N–H and O–H groups in total. The zero-order chi connectivity index (χ0) is 12.5. The third-order valence-electron chi connectivity index (χ3n) is 2.57. The second-order valence-electron chi connectivity index (χ2n) is 4.58. The predicted molar refractivity (Wildman–Crippen MR) is 68.6 cm³/mol. The summed E-state index contributed by atoms with van der Waals surface area (Å²) >= 11 is 0. The summed E-state index contributed by atoms with van der Waals surface area (Å²) in [4.78, 5) is 15.4. The van der Waals surface area contributed by atoms with Gasteiger partial charge in [0, 0.05) is 6.54 Å². The van der Waals surface area contributed by atoms with Gasteiger partial charge in [0.1, 0.15) is 5.52 Å². The molecular weight excluding hydrogens is 216 g/mol. The van der Waals surface area contributed by atoms with Crippen molar-refractivity contribution in [2.45, 2.75) is 13.8 Å². The van der Waals surface area contributed by atoms with Gasteiger partial charge in [0.25, 0.3) is 0 Å². The van der Waals surface area contributed by atoms with E-state index in [1.165, 1.54) is 0 Å². The molecule has 0 unspecified atom stereocenters. The molecule has 6 nitrogen and oxygen atoms in total. The summed E-state index contributed by atoms with van der Waals surface area (Å²) < 4.78 is 0. The van der Waals surface area contributed by atoms with E-state index in [4.69, 9.17) is 5.73 Å². The largest absolute Gasteiger partial charge is 0.382 e. The highest BCUT2D eigenvalue weighted by Gasteiger charge is 2.14. The maximum Gasteiger partial charge on any atom is 0.226 e. The molecule has 0 aliphatic rings. The van der Waals surface area contributed by atoms with E-state index in [0.717, 1.165) is 0 Å². The van der Waals surface area contributed by atoms with Crippen LogP contribution in [0.2, 0.25) is 0 Å². The lowest BCUT2D eigenvalue weighted by atomic mass is 9.94. The lowest BCUT2D eigenvalue weighted by Crippen LogP contribution is -2.21. The van der Waals surface area contributed by atoms with Gasteiger partial charge in [-0.15, -0.1) is 6.58 Å². The molecule has 0 aromatic carbocycles. The molecule has 0 saturated carbocycles. The van der Waals surface area contributed by atoms with Crippen LogP contribution < -0.4 is 11.1 Å². The SMILES string of the molecule is C=CC(C)(C)CNc1nc(N)c2[nH]cnc2n1. The first-order valence-electron chi connectivity index (χ1n) is 5.36. The molecule has 0 aliphatic carbocycles. The maximum absolute atomic E-state index is 5.79. The molecule has 0 fully saturated rings. The van der Waals surface area contributed by atoms with Crippen LogP contribution in [-0.2, 0) is 0 Å². The van der Waals surface area contributed by atoms with Crippen molar-refractivity contribution < 1.29 is 0 Å². The number of anilines is 2. The van der Waals surface area contributed by atoms with Crippen molar-refractivity contribution in [2.75, 3.05) is 17.6 Å². The lowest BCUT2D eigenvalue weighted by molar-refractivity contribution is 0.512. The predicted octanol–water partition coefficient (Wildman–Crippen LogP) is 1.56. The Balaban J connectivity index is 2.22. The Morgan fingerprint density at radius 3 is 3.00 bits per heavy atom.